The molecule has 23 heavy (non-hydrogen) atoms. The van der Waals surface area contributed by atoms with E-state index in [1.54, 1.807) is 6.20 Å². The third kappa shape index (κ3) is 2.71. The standard InChI is InChI=1S/C18H18N4O/c23-18(21-14-6-5-13-11-20-22-17(13)9-14)16-4-2-1-3-15(16)12-7-8-19-10-12/h1-6,9,11-12,19H,7-8,10H2,(H,20,22)(H,21,23). The molecule has 1 unspecified atom stereocenters. The van der Waals surface area contributed by atoms with Crippen molar-refractivity contribution >= 4 is 22.5 Å². The quantitative estimate of drug-likeness (QED) is 0.697. The van der Waals surface area contributed by atoms with Gasteiger partial charge in [-0.3, -0.25) is 9.89 Å². The Bertz CT molecular complexity index is 849. The molecule has 1 saturated heterocycles. The van der Waals surface area contributed by atoms with Crippen LogP contribution in [-0.4, -0.2) is 29.2 Å². The molecule has 1 aromatic heterocycles. The summed E-state index contributed by atoms with van der Waals surface area (Å²) in [6, 6.07) is 13.6. The lowest BCUT2D eigenvalue weighted by Gasteiger charge is -2.14. The Balaban J connectivity index is 1.61. The normalized spacial score (nSPS) is 17.5. The van der Waals surface area contributed by atoms with Crippen LogP contribution in [0.5, 0.6) is 0 Å². The predicted molar refractivity (Wildman–Crippen MR) is 90.7 cm³/mol. The van der Waals surface area contributed by atoms with E-state index in [4.69, 9.17) is 0 Å². The number of fused-ring (bicyclic) bond motifs is 1. The molecule has 0 bridgehead atoms. The summed E-state index contributed by atoms with van der Waals surface area (Å²) < 4.78 is 0. The van der Waals surface area contributed by atoms with E-state index in [-0.39, 0.29) is 5.91 Å². The van der Waals surface area contributed by atoms with E-state index in [9.17, 15) is 4.79 Å². The first-order valence-corrected chi connectivity index (χ1v) is 7.85. The molecule has 1 aliphatic heterocycles. The van der Waals surface area contributed by atoms with Crippen LogP contribution in [0.25, 0.3) is 10.9 Å². The second-order valence-electron chi connectivity index (χ2n) is 5.90. The summed E-state index contributed by atoms with van der Waals surface area (Å²) in [6.45, 7) is 1.95. The minimum Gasteiger partial charge on any atom is -0.322 e. The average molecular weight is 306 g/mol. The van der Waals surface area contributed by atoms with Gasteiger partial charge >= 0.3 is 0 Å². The van der Waals surface area contributed by atoms with Crippen LogP contribution in [0.15, 0.2) is 48.7 Å². The Morgan fingerprint density at radius 2 is 2.13 bits per heavy atom. The molecule has 1 amide bonds. The maximum Gasteiger partial charge on any atom is 0.255 e. The van der Waals surface area contributed by atoms with Crippen molar-refractivity contribution in [2.24, 2.45) is 0 Å². The summed E-state index contributed by atoms with van der Waals surface area (Å²) in [6.07, 6.45) is 2.84. The molecule has 1 fully saturated rings. The van der Waals surface area contributed by atoms with Crippen LogP contribution >= 0.6 is 0 Å². The predicted octanol–water partition coefficient (Wildman–Crippen LogP) is 2.89. The van der Waals surface area contributed by atoms with Gasteiger partial charge in [-0.05, 0) is 48.7 Å². The van der Waals surface area contributed by atoms with Gasteiger partial charge < -0.3 is 10.6 Å². The number of nitrogens with one attached hydrogen (secondary N) is 3. The Morgan fingerprint density at radius 3 is 3.00 bits per heavy atom. The zero-order valence-corrected chi connectivity index (χ0v) is 12.7. The van der Waals surface area contributed by atoms with Crippen LogP contribution in [0.3, 0.4) is 0 Å². The molecule has 1 atom stereocenters. The van der Waals surface area contributed by atoms with Gasteiger partial charge in [0.05, 0.1) is 11.7 Å². The van der Waals surface area contributed by atoms with Crippen LogP contribution in [0, 0.1) is 0 Å². The fraction of sp³-hybridized carbons (Fsp3) is 0.222. The highest BCUT2D eigenvalue weighted by molar-refractivity contribution is 6.06. The molecule has 0 saturated carbocycles. The third-order valence-corrected chi connectivity index (χ3v) is 4.41. The number of benzene rings is 2. The molecule has 0 spiro atoms. The van der Waals surface area contributed by atoms with Crippen molar-refractivity contribution in [1.82, 2.24) is 15.5 Å². The number of aromatic nitrogens is 2. The highest BCUT2D eigenvalue weighted by atomic mass is 16.1. The molecular formula is C18H18N4O. The van der Waals surface area contributed by atoms with E-state index in [2.05, 4.69) is 26.9 Å². The number of carbonyl (C=O) groups is 1. The second-order valence-corrected chi connectivity index (χ2v) is 5.90. The topological polar surface area (TPSA) is 69.8 Å². The van der Waals surface area contributed by atoms with Gasteiger partial charge in [-0.25, -0.2) is 0 Å². The molecule has 2 heterocycles. The van der Waals surface area contributed by atoms with Crippen molar-refractivity contribution in [2.45, 2.75) is 12.3 Å². The SMILES string of the molecule is O=C(Nc1ccc2cn[nH]c2c1)c1ccccc1C1CCNC1. The summed E-state index contributed by atoms with van der Waals surface area (Å²) in [5.74, 6) is 0.346. The lowest BCUT2D eigenvalue weighted by atomic mass is 9.93. The molecule has 4 rings (SSSR count). The lowest BCUT2D eigenvalue weighted by Crippen LogP contribution is -2.17. The number of hydrogen-bond acceptors (Lipinski definition) is 3. The molecule has 5 nitrogen and oxygen atoms in total. The van der Waals surface area contributed by atoms with Crippen molar-refractivity contribution in [3.63, 3.8) is 0 Å². The number of amides is 1. The zero-order valence-electron chi connectivity index (χ0n) is 12.7. The number of H-pyrrole nitrogens is 1. The van der Waals surface area contributed by atoms with Crippen LogP contribution in [-0.2, 0) is 0 Å². The van der Waals surface area contributed by atoms with E-state index in [1.807, 2.05) is 36.4 Å². The largest absolute Gasteiger partial charge is 0.322 e. The summed E-state index contributed by atoms with van der Waals surface area (Å²) >= 11 is 0. The van der Waals surface area contributed by atoms with E-state index in [0.717, 1.165) is 47.2 Å². The molecule has 2 aromatic carbocycles. The minimum atomic E-state index is -0.0636. The van der Waals surface area contributed by atoms with Gasteiger partial charge in [0.15, 0.2) is 0 Å². The molecule has 0 aliphatic carbocycles. The van der Waals surface area contributed by atoms with Gasteiger partial charge in [-0.2, -0.15) is 5.10 Å². The van der Waals surface area contributed by atoms with Gasteiger partial charge in [0.25, 0.3) is 5.91 Å². The molecule has 1 aliphatic rings. The minimum absolute atomic E-state index is 0.0636. The highest BCUT2D eigenvalue weighted by Gasteiger charge is 2.22. The molecule has 0 radical (unpaired) electrons. The van der Waals surface area contributed by atoms with Crippen LogP contribution in [0.1, 0.15) is 28.3 Å². The van der Waals surface area contributed by atoms with Crippen LogP contribution in [0.2, 0.25) is 0 Å². The zero-order chi connectivity index (χ0) is 15.6. The Kier molecular flexibility index (Phi) is 3.55. The summed E-state index contributed by atoms with van der Waals surface area (Å²) in [7, 11) is 0. The fourth-order valence-corrected chi connectivity index (χ4v) is 3.19. The number of carbonyl (C=O) groups excluding carboxylic acids is 1. The van der Waals surface area contributed by atoms with Crippen molar-refractivity contribution in [3.05, 3.63) is 59.8 Å². The molecule has 3 N–H and O–H groups in total. The molecule has 116 valence electrons. The Morgan fingerprint density at radius 1 is 1.22 bits per heavy atom. The van der Waals surface area contributed by atoms with Crippen molar-refractivity contribution < 1.29 is 4.79 Å². The summed E-state index contributed by atoms with van der Waals surface area (Å²) in [4.78, 5) is 12.7. The van der Waals surface area contributed by atoms with E-state index >= 15 is 0 Å². The maximum atomic E-state index is 12.7. The highest BCUT2D eigenvalue weighted by Crippen LogP contribution is 2.26. The smallest absolute Gasteiger partial charge is 0.255 e. The number of nitrogens with zero attached hydrogens (tertiary/aromatic N) is 1. The van der Waals surface area contributed by atoms with E-state index in [0.29, 0.717) is 5.92 Å². The van der Waals surface area contributed by atoms with Gasteiger partial charge in [0.1, 0.15) is 0 Å². The van der Waals surface area contributed by atoms with Crippen LogP contribution < -0.4 is 10.6 Å². The first-order valence-electron chi connectivity index (χ1n) is 7.85. The Labute approximate surface area is 134 Å². The lowest BCUT2D eigenvalue weighted by molar-refractivity contribution is 0.102. The van der Waals surface area contributed by atoms with Gasteiger partial charge in [0.2, 0.25) is 0 Å². The van der Waals surface area contributed by atoms with E-state index < -0.39 is 0 Å². The maximum absolute atomic E-state index is 12.7. The number of aromatic amines is 1. The van der Waals surface area contributed by atoms with Crippen molar-refractivity contribution in [3.8, 4) is 0 Å². The number of hydrogen-bond donors (Lipinski definition) is 3. The molecular weight excluding hydrogens is 288 g/mol. The third-order valence-electron chi connectivity index (χ3n) is 4.41. The van der Waals surface area contributed by atoms with Gasteiger partial charge in [-0.15, -0.1) is 0 Å². The average Bonchev–Trinajstić information content (AvgIpc) is 3.26. The van der Waals surface area contributed by atoms with Crippen molar-refractivity contribution in [1.29, 1.82) is 0 Å². The van der Waals surface area contributed by atoms with Crippen LogP contribution in [0.4, 0.5) is 5.69 Å². The first-order chi connectivity index (χ1) is 11.3. The Hall–Kier alpha value is -2.66. The number of rotatable bonds is 3. The second kappa shape index (κ2) is 5.85. The fourth-order valence-electron chi connectivity index (χ4n) is 3.19. The van der Waals surface area contributed by atoms with Crippen molar-refractivity contribution in [2.75, 3.05) is 18.4 Å². The summed E-state index contributed by atoms with van der Waals surface area (Å²) in [5, 5.41) is 14.3. The number of anilines is 1. The monoisotopic (exact) mass is 306 g/mol. The van der Waals surface area contributed by atoms with Gasteiger partial charge in [-0.1, -0.05) is 18.2 Å². The first kappa shape index (κ1) is 14.0. The summed E-state index contributed by atoms with van der Waals surface area (Å²) in [5.41, 5.74) is 3.56. The molecule has 3 aromatic rings. The van der Waals surface area contributed by atoms with E-state index in [1.165, 1.54) is 0 Å². The molecule has 5 heteroatoms. The van der Waals surface area contributed by atoms with Gasteiger partial charge in [0, 0.05) is 23.2 Å².